The monoisotopic (exact) mass is 311 g/mol. The number of quaternary nitrogens is 1. The van der Waals surface area contributed by atoms with Crippen molar-refractivity contribution in [1.29, 1.82) is 0 Å². The molecule has 0 spiro atoms. The lowest BCUT2D eigenvalue weighted by molar-refractivity contribution is -0.908. The molecule has 0 bridgehead atoms. The molecule has 2 aromatic carbocycles. The van der Waals surface area contributed by atoms with E-state index < -0.39 is 0 Å². The number of fused-ring (bicyclic) bond motifs is 1. The van der Waals surface area contributed by atoms with E-state index in [0.717, 1.165) is 19.4 Å². The third kappa shape index (κ3) is 3.91. The van der Waals surface area contributed by atoms with E-state index >= 15 is 0 Å². The molecule has 0 aromatic heterocycles. The molecule has 1 unspecified atom stereocenters. The molecule has 1 saturated carbocycles. The molecule has 1 aliphatic rings. The number of benzene rings is 2. The van der Waals surface area contributed by atoms with Crippen LogP contribution in [-0.4, -0.2) is 25.0 Å². The average Bonchev–Trinajstić information content (AvgIpc) is 3.07. The second-order valence-corrected chi connectivity index (χ2v) is 6.92. The number of hydrogen-bond acceptors (Lipinski definition) is 1. The number of nitrogens with one attached hydrogen (secondary N) is 2. The van der Waals surface area contributed by atoms with Crippen molar-refractivity contribution in [3.05, 3.63) is 48.0 Å². The van der Waals surface area contributed by atoms with Crippen LogP contribution in [0.3, 0.4) is 0 Å². The predicted octanol–water partition coefficient (Wildman–Crippen LogP) is 2.30. The number of amides is 1. The van der Waals surface area contributed by atoms with E-state index in [1.165, 1.54) is 34.1 Å². The summed E-state index contributed by atoms with van der Waals surface area (Å²) in [4.78, 5) is 13.6. The van der Waals surface area contributed by atoms with Crippen LogP contribution in [0.5, 0.6) is 0 Å². The summed E-state index contributed by atoms with van der Waals surface area (Å²) in [7, 11) is 2.11. The molecule has 2 N–H and O–H groups in total. The number of hydrogen-bond donors (Lipinski definition) is 2. The molecule has 1 aliphatic carbocycles. The van der Waals surface area contributed by atoms with Gasteiger partial charge in [0, 0.05) is 11.6 Å². The van der Waals surface area contributed by atoms with Crippen LogP contribution in [0.25, 0.3) is 10.8 Å². The molecule has 0 heterocycles. The van der Waals surface area contributed by atoms with Crippen LogP contribution < -0.4 is 10.2 Å². The molecular weight excluding hydrogens is 284 g/mol. The van der Waals surface area contributed by atoms with E-state index in [-0.39, 0.29) is 11.9 Å². The van der Waals surface area contributed by atoms with Crippen molar-refractivity contribution in [2.75, 3.05) is 7.05 Å². The van der Waals surface area contributed by atoms with Gasteiger partial charge in [0.25, 0.3) is 5.91 Å². The molecule has 0 radical (unpaired) electrons. The zero-order chi connectivity index (χ0) is 16.2. The van der Waals surface area contributed by atoms with Gasteiger partial charge in [-0.2, -0.15) is 0 Å². The van der Waals surface area contributed by atoms with Crippen LogP contribution in [0.2, 0.25) is 0 Å². The van der Waals surface area contributed by atoms with E-state index in [2.05, 4.69) is 54.8 Å². The quantitative estimate of drug-likeness (QED) is 0.873. The van der Waals surface area contributed by atoms with Crippen molar-refractivity contribution in [1.82, 2.24) is 5.32 Å². The van der Waals surface area contributed by atoms with Gasteiger partial charge in [-0.3, -0.25) is 4.79 Å². The molecule has 3 heteroatoms. The highest BCUT2D eigenvalue weighted by atomic mass is 16.2. The maximum Gasteiger partial charge on any atom is 0.278 e. The van der Waals surface area contributed by atoms with Gasteiger partial charge < -0.3 is 10.2 Å². The van der Waals surface area contributed by atoms with Gasteiger partial charge in [0.1, 0.15) is 6.54 Å². The summed E-state index contributed by atoms with van der Waals surface area (Å²) in [6.07, 6.45) is 4.78. The Bertz CT molecular complexity index is 676. The fraction of sp³-hybridized carbons (Fsp3) is 0.450. The first kappa shape index (κ1) is 16.0. The minimum atomic E-state index is -0.0259. The number of carbonyl (C=O) groups is 1. The van der Waals surface area contributed by atoms with Crippen molar-refractivity contribution in [3.8, 4) is 0 Å². The first-order valence-electron chi connectivity index (χ1n) is 8.74. The van der Waals surface area contributed by atoms with Gasteiger partial charge in [-0.15, -0.1) is 0 Å². The largest absolute Gasteiger partial charge is 0.348 e. The van der Waals surface area contributed by atoms with E-state index in [1.807, 2.05) is 6.92 Å². The molecule has 1 amide bonds. The van der Waals surface area contributed by atoms with Crippen molar-refractivity contribution < 1.29 is 9.69 Å². The minimum Gasteiger partial charge on any atom is -0.348 e. The van der Waals surface area contributed by atoms with Gasteiger partial charge in [-0.05, 0) is 36.6 Å². The Hall–Kier alpha value is -1.87. The molecule has 2 atom stereocenters. The summed E-state index contributed by atoms with van der Waals surface area (Å²) in [5.41, 5.74) is 1.28. The first-order valence-corrected chi connectivity index (χ1v) is 8.74. The molecule has 1 fully saturated rings. The highest BCUT2D eigenvalue weighted by Gasteiger charge is 2.25. The Morgan fingerprint density at radius 1 is 1.17 bits per heavy atom. The molecule has 23 heavy (non-hydrogen) atoms. The summed E-state index contributed by atoms with van der Waals surface area (Å²) < 4.78 is 0. The van der Waals surface area contributed by atoms with Gasteiger partial charge in [0.15, 0.2) is 6.04 Å². The smallest absolute Gasteiger partial charge is 0.278 e. The molecule has 2 aromatic rings. The minimum absolute atomic E-state index is 0.0259. The van der Waals surface area contributed by atoms with Crippen LogP contribution in [-0.2, 0) is 11.3 Å². The third-order valence-corrected chi connectivity index (χ3v) is 5.13. The Balaban J connectivity index is 1.62. The van der Waals surface area contributed by atoms with E-state index in [4.69, 9.17) is 0 Å². The third-order valence-electron chi connectivity index (χ3n) is 5.13. The Labute approximate surface area is 138 Å². The Morgan fingerprint density at radius 3 is 2.61 bits per heavy atom. The molecule has 0 aliphatic heterocycles. The van der Waals surface area contributed by atoms with Crippen molar-refractivity contribution in [2.24, 2.45) is 0 Å². The maximum absolute atomic E-state index is 12.4. The second-order valence-electron chi connectivity index (χ2n) is 6.92. The van der Waals surface area contributed by atoms with Crippen LogP contribution in [0.15, 0.2) is 42.5 Å². The lowest BCUT2D eigenvalue weighted by atomic mass is 10.1. The first-order chi connectivity index (χ1) is 11.1. The van der Waals surface area contributed by atoms with E-state index in [1.54, 1.807) is 0 Å². The lowest BCUT2D eigenvalue weighted by Gasteiger charge is -2.23. The van der Waals surface area contributed by atoms with Gasteiger partial charge >= 0.3 is 0 Å². The highest BCUT2D eigenvalue weighted by Crippen LogP contribution is 2.17. The van der Waals surface area contributed by atoms with Crippen LogP contribution in [0.1, 0.15) is 38.2 Å². The molecule has 3 rings (SSSR count). The van der Waals surface area contributed by atoms with Crippen molar-refractivity contribution in [3.63, 3.8) is 0 Å². The number of carbonyl (C=O) groups excluding carboxylic acids is 1. The molecule has 122 valence electrons. The number of rotatable bonds is 5. The van der Waals surface area contributed by atoms with E-state index in [0.29, 0.717) is 6.04 Å². The Kier molecular flexibility index (Phi) is 4.97. The fourth-order valence-corrected chi connectivity index (χ4v) is 3.44. The van der Waals surface area contributed by atoms with Crippen LogP contribution in [0, 0.1) is 0 Å². The average molecular weight is 311 g/mol. The summed E-state index contributed by atoms with van der Waals surface area (Å²) in [6, 6.07) is 15.4. The zero-order valence-electron chi connectivity index (χ0n) is 14.1. The summed E-state index contributed by atoms with van der Waals surface area (Å²) in [5, 5.41) is 5.74. The van der Waals surface area contributed by atoms with Gasteiger partial charge in [0.05, 0.1) is 7.05 Å². The summed E-state index contributed by atoms with van der Waals surface area (Å²) >= 11 is 0. The molecule has 3 nitrogen and oxygen atoms in total. The van der Waals surface area contributed by atoms with E-state index in [9.17, 15) is 4.79 Å². The molecular formula is C20H27N2O+. The topological polar surface area (TPSA) is 33.5 Å². The zero-order valence-corrected chi connectivity index (χ0v) is 14.1. The summed E-state index contributed by atoms with van der Waals surface area (Å²) in [6.45, 7) is 2.89. The van der Waals surface area contributed by atoms with Crippen LogP contribution >= 0.6 is 0 Å². The predicted molar refractivity (Wildman–Crippen MR) is 94.4 cm³/mol. The van der Waals surface area contributed by atoms with Gasteiger partial charge in [0.2, 0.25) is 0 Å². The maximum atomic E-state index is 12.4. The molecule has 0 saturated heterocycles. The standard InChI is InChI=1S/C20H26N2O/c1-15(20(23)21-19-9-5-6-10-19)22(2)14-16-11-12-17-7-3-4-8-18(17)13-16/h3-4,7-8,11-13,15,19H,5-6,9-10,14H2,1-2H3,(H,21,23)/p+1/t15-/m0/s1. The fourth-order valence-electron chi connectivity index (χ4n) is 3.44. The second kappa shape index (κ2) is 7.14. The van der Waals surface area contributed by atoms with Gasteiger partial charge in [-0.1, -0.05) is 49.2 Å². The highest BCUT2D eigenvalue weighted by molar-refractivity contribution is 5.83. The van der Waals surface area contributed by atoms with Gasteiger partial charge in [-0.25, -0.2) is 0 Å². The summed E-state index contributed by atoms with van der Waals surface area (Å²) in [5.74, 6) is 0.190. The lowest BCUT2D eigenvalue weighted by Crippen LogP contribution is -3.12. The van der Waals surface area contributed by atoms with Crippen LogP contribution in [0.4, 0.5) is 0 Å². The normalized spacial score (nSPS) is 18.0. The number of likely N-dealkylation sites (N-methyl/N-ethyl adjacent to an activating group) is 1. The van der Waals surface area contributed by atoms with Crippen molar-refractivity contribution >= 4 is 16.7 Å². The van der Waals surface area contributed by atoms with Crippen molar-refractivity contribution in [2.45, 2.75) is 51.2 Å². The SMILES string of the molecule is C[C@@H](C(=O)NC1CCCC1)[NH+](C)Cc1ccc2ccccc2c1. The Morgan fingerprint density at radius 2 is 1.87 bits per heavy atom.